The minimum Gasteiger partial charge on any atom is -0.256 e. The molecule has 0 aliphatic heterocycles. The Bertz CT molecular complexity index is 2780. The van der Waals surface area contributed by atoms with E-state index in [-0.39, 0.29) is 5.41 Å². The van der Waals surface area contributed by atoms with Crippen LogP contribution < -0.4 is 0 Å². The first-order chi connectivity index (χ1) is 26.0. The van der Waals surface area contributed by atoms with Crippen LogP contribution in [0.3, 0.4) is 0 Å². The van der Waals surface area contributed by atoms with Gasteiger partial charge in [0.25, 0.3) is 0 Å². The molecule has 10 rings (SSSR count). The predicted molar refractivity (Wildman–Crippen MR) is 222 cm³/mol. The van der Waals surface area contributed by atoms with E-state index in [1.807, 2.05) is 24.5 Å². The minimum absolute atomic E-state index is 0.0527. The first kappa shape index (κ1) is 31.1. The van der Waals surface area contributed by atoms with E-state index in [0.29, 0.717) is 0 Å². The van der Waals surface area contributed by atoms with Gasteiger partial charge < -0.3 is 0 Å². The van der Waals surface area contributed by atoms with E-state index < -0.39 is 0 Å². The molecule has 0 bridgehead atoms. The summed E-state index contributed by atoms with van der Waals surface area (Å²) in [5.41, 5.74) is 16.6. The molecule has 0 amide bonds. The van der Waals surface area contributed by atoms with Crippen LogP contribution in [0.4, 0.5) is 0 Å². The first-order valence-electron chi connectivity index (χ1n) is 18.3. The molecule has 53 heavy (non-hydrogen) atoms. The standard InChI is InChI=1S/C51H36N2/c1-51(2)45-19-9-8-16-39(45)43-32-35(23-25-46(43)51)49-40-17-6-7-18-41(40)50(42-24-22-34(31-44(42)49)33-14-4-3-5-15-33)38-29-36(47-20-10-12-26-52-47)28-37(30-38)48-21-11-13-27-53-48/h3-32H,1-2H3. The number of fused-ring (bicyclic) bond motifs is 5. The molecule has 1 aliphatic carbocycles. The van der Waals surface area contributed by atoms with Gasteiger partial charge in [-0.25, -0.2) is 0 Å². The van der Waals surface area contributed by atoms with E-state index in [9.17, 15) is 0 Å². The molecule has 9 aromatic rings. The highest BCUT2D eigenvalue weighted by atomic mass is 14.7. The van der Waals surface area contributed by atoms with Gasteiger partial charge in [-0.3, -0.25) is 9.97 Å². The van der Waals surface area contributed by atoms with Crippen molar-refractivity contribution in [2.24, 2.45) is 0 Å². The molecule has 0 fully saturated rings. The number of pyridine rings is 2. The van der Waals surface area contributed by atoms with Crippen LogP contribution in [0.15, 0.2) is 182 Å². The fraction of sp³-hybridized carbons (Fsp3) is 0.0588. The Balaban J connectivity index is 1.30. The van der Waals surface area contributed by atoms with Gasteiger partial charge in [0.2, 0.25) is 0 Å². The van der Waals surface area contributed by atoms with Crippen molar-refractivity contribution in [3.8, 4) is 67.0 Å². The lowest BCUT2D eigenvalue weighted by atomic mass is 9.81. The zero-order valence-corrected chi connectivity index (χ0v) is 29.7. The monoisotopic (exact) mass is 676 g/mol. The van der Waals surface area contributed by atoms with E-state index >= 15 is 0 Å². The lowest BCUT2D eigenvalue weighted by Gasteiger charge is -2.22. The molecule has 2 heteroatoms. The number of hydrogen-bond donors (Lipinski definition) is 0. The van der Waals surface area contributed by atoms with Gasteiger partial charge in [0, 0.05) is 28.9 Å². The minimum atomic E-state index is -0.0527. The summed E-state index contributed by atoms with van der Waals surface area (Å²) in [6.07, 6.45) is 3.73. The number of rotatable bonds is 5. The SMILES string of the molecule is CC1(C)c2ccccc2-c2cc(-c3c4ccccc4c(-c4cc(-c5ccccn5)cc(-c5ccccn5)c4)c4ccc(-c5ccccc5)cc34)ccc21. The van der Waals surface area contributed by atoms with Crippen molar-refractivity contribution in [3.05, 3.63) is 193 Å². The largest absolute Gasteiger partial charge is 0.256 e. The zero-order chi connectivity index (χ0) is 35.5. The van der Waals surface area contributed by atoms with Gasteiger partial charge in [0.15, 0.2) is 0 Å². The number of benzene rings is 7. The predicted octanol–water partition coefficient (Wildman–Crippen LogP) is 13.4. The van der Waals surface area contributed by atoms with Crippen molar-refractivity contribution < 1.29 is 0 Å². The Kier molecular flexibility index (Phi) is 7.19. The quantitative estimate of drug-likeness (QED) is 0.170. The van der Waals surface area contributed by atoms with E-state index in [0.717, 1.165) is 28.1 Å². The molecule has 0 radical (unpaired) electrons. The highest BCUT2D eigenvalue weighted by molar-refractivity contribution is 6.22. The van der Waals surface area contributed by atoms with Crippen molar-refractivity contribution in [3.63, 3.8) is 0 Å². The van der Waals surface area contributed by atoms with Crippen LogP contribution in [-0.2, 0) is 5.41 Å². The highest BCUT2D eigenvalue weighted by Gasteiger charge is 2.35. The third-order valence-corrected chi connectivity index (χ3v) is 11.1. The summed E-state index contributed by atoms with van der Waals surface area (Å²) in [4.78, 5) is 9.55. The molecule has 2 nitrogen and oxygen atoms in total. The third-order valence-electron chi connectivity index (χ3n) is 11.1. The van der Waals surface area contributed by atoms with Crippen LogP contribution in [0.5, 0.6) is 0 Å². The maximum Gasteiger partial charge on any atom is 0.0702 e. The lowest BCUT2D eigenvalue weighted by molar-refractivity contribution is 0.660. The van der Waals surface area contributed by atoms with Crippen LogP contribution in [0.2, 0.25) is 0 Å². The molecular weight excluding hydrogens is 641 g/mol. The summed E-state index contributed by atoms with van der Waals surface area (Å²) in [5, 5.41) is 4.89. The Morgan fingerprint density at radius 1 is 0.340 bits per heavy atom. The molecule has 0 N–H and O–H groups in total. The van der Waals surface area contributed by atoms with Gasteiger partial charge in [-0.05, 0) is 132 Å². The zero-order valence-electron chi connectivity index (χ0n) is 29.7. The number of nitrogens with zero attached hydrogens (tertiary/aromatic N) is 2. The van der Waals surface area contributed by atoms with E-state index in [4.69, 9.17) is 9.97 Å². The number of hydrogen-bond acceptors (Lipinski definition) is 2. The summed E-state index contributed by atoms with van der Waals surface area (Å²) >= 11 is 0. The highest BCUT2D eigenvalue weighted by Crippen LogP contribution is 2.51. The van der Waals surface area contributed by atoms with Gasteiger partial charge in [0.1, 0.15) is 0 Å². The molecule has 1 aliphatic rings. The van der Waals surface area contributed by atoms with Gasteiger partial charge in [-0.15, -0.1) is 0 Å². The van der Waals surface area contributed by atoms with Crippen molar-refractivity contribution in [1.82, 2.24) is 9.97 Å². The first-order valence-corrected chi connectivity index (χ1v) is 18.3. The summed E-state index contributed by atoms with van der Waals surface area (Å²) in [6, 6.07) is 61.8. The number of aromatic nitrogens is 2. The Morgan fingerprint density at radius 2 is 0.887 bits per heavy atom. The van der Waals surface area contributed by atoms with Crippen molar-refractivity contribution in [2.45, 2.75) is 19.3 Å². The van der Waals surface area contributed by atoms with Gasteiger partial charge in [-0.2, -0.15) is 0 Å². The smallest absolute Gasteiger partial charge is 0.0702 e. The summed E-state index contributed by atoms with van der Waals surface area (Å²) in [7, 11) is 0. The molecular formula is C51H36N2. The third kappa shape index (κ3) is 5.10. The van der Waals surface area contributed by atoms with Gasteiger partial charge in [0.05, 0.1) is 11.4 Å². The van der Waals surface area contributed by atoms with Crippen molar-refractivity contribution >= 4 is 21.5 Å². The van der Waals surface area contributed by atoms with Crippen LogP contribution in [0.25, 0.3) is 88.6 Å². The van der Waals surface area contributed by atoms with E-state index in [2.05, 4.69) is 172 Å². The fourth-order valence-corrected chi connectivity index (χ4v) is 8.62. The molecule has 250 valence electrons. The van der Waals surface area contributed by atoms with Crippen LogP contribution >= 0.6 is 0 Å². The molecule has 0 atom stereocenters. The molecule has 0 spiro atoms. The van der Waals surface area contributed by atoms with Crippen LogP contribution in [0.1, 0.15) is 25.0 Å². The summed E-state index contributed by atoms with van der Waals surface area (Å²) < 4.78 is 0. The second kappa shape index (κ2) is 12.3. The van der Waals surface area contributed by atoms with Crippen molar-refractivity contribution in [1.29, 1.82) is 0 Å². The fourth-order valence-electron chi connectivity index (χ4n) is 8.62. The van der Waals surface area contributed by atoms with E-state index in [1.165, 1.54) is 71.6 Å². The second-order valence-electron chi connectivity index (χ2n) is 14.6. The summed E-state index contributed by atoms with van der Waals surface area (Å²) in [5.74, 6) is 0. The van der Waals surface area contributed by atoms with Crippen LogP contribution in [-0.4, -0.2) is 9.97 Å². The van der Waals surface area contributed by atoms with Crippen LogP contribution in [0, 0.1) is 0 Å². The maximum absolute atomic E-state index is 4.78. The molecule has 0 saturated heterocycles. The van der Waals surface area contributed by atoms with Gasteiger partial charge in [-0.1, -0.05) is 129 Å². The van der Waals surface area contributed by atoms with E-state index in [1.54, 1.807) is 0 Å². The summed E-state index contributed by atoms with van der Waals surface area (Å²) in [6.45, 7) is 4.70. The van der Waals surface area contributed by atoms with Crippen molar-refractivity contribution in [2.75, 3.05) is 0 Å². The average molecular weight is 677 g/mol. The Hall–Kier alpha value is -6.64. The normalized spacial score (nSPS) is 12.9. The maximum atomic E-state index is 4.78. The topological polar surface area (TPSA) is 25.8 Å². The molecule has 2 aromatic heterocycles. The Labute approximate surface area is 310 Å². The molecule has 2 heterocycles. The lowest BCUT2D eigenvalue weighted by Crippen LogP contribution is -2.14. The Morgan fingerprint density at radius 3 is 1.57 bits per heavy atom. The van der Waals surface area contributed by atoms with Gasteiger partial charge >= 0.3 is 0 Å². The second-order valence-corrected chi connectivity index (χ2v) is 14.6. The molecule has 0 saturated carbocycles. The molecule has 7 aromatic carbocycles. The average Bonchev–Trinajstić information content (AvgIpc) is 3.45. The molecule has 0 unspecified atom stereocenters.